The van der Waals surface area contributed by atoms with Gasteiger partial charge in [0.1, 0.15) is 17.5 Å². The number of carbonyl (C=O) groups is 3. The van der Waals surface area contributed by atoms with Crippen LogP contribution in [0.4, 0.5) is 11.4 Å². The maximum atomic E-state index is 13.9. The Morgan fingerprint density at radius 1 is 0.976 bits per heavy atom. The van der Waals surface area contributed by atoms with Gasteiger partial charge in [0.05, 0.1) is 23.7 Å². The van der Waals surface area contributed by atoms with Crippen molar-refractivity contribution >= 4 is 79.7 Å². The average molecular weight is 671 g/mol. The summed E-state index contributed by atoms with van der Waals surface area (Å²) in [5.41, 5.74) is 1.80. The van der Waals surface area contributed by atoms with Gasteiger partial charge in [-0.15, -0.1) is 0 Å². The molecule has 3 heterocycles. The highest BCUT2D eigenvalue weighted by atomic mass is 79.9. The minimum atomic E-state index is -0.774. The van der Waals surface area contributed by atoms with Crippen molar-refractivity contribution in [2.45, 2.75) is 22.7 Å². The Balaban J connectivity index is 1.38. The minimum absolute atomic E-state index is 0.243. The van der Waals surface area contributed by atoms with Crippen LogP contribution in [0.2, 0.25) is 5.02 Å². The summed E-state index contributed by atoms with van der Waals surface area (Å²) in [6.07, 6.45) is 0. The van der Waals surface area contributed by atoms with Gasteiger partial charge < -0.3 is 10.1 Å². The molecule has 2 aliphatic rings. The molecular formula is C29H21BrClN3O5S2. The van der Waals surface area contributed by atoms with E-state index >= 15 is 0 Å². The zero-order chi connectivity index (χ0) is 28.8. The number of imide groups is 1. The molecule has 2 aliphatic heterocycles. The number of aromatic nitrogens is 1. The Morgan fingerprint density at radius 3 is 2.32 bits per heavy atom. The summed E-state index contributed by atoms with van der Waals surface area (Å²) in [6, 6.07) is 20.9. The molecule has 1 saturated heterocycles. The number of amides is 3. The molecule has 1 N–H and O–H groups in total. The number of ether oxygens (including phenoxy) is 1. The zero-order valence-electron chi connectivity index (χ0n) is 21.4. The molecule has 3 aromatic carbocycles. The van der Waals surface area contributed by atoms with Gasteiger partial charge in [-0.25, -0.2) is 4.90 Å². The van der Waals surface area contributed by atoms with Crippen LogP contribution in [-0.2, 0) is 20.9 Å². The van der Waals surface area contributed by atoms with Crippen LogP contribution < -0.4 is 19.8 Å². The Hall–Kier alpha value is -3.38. The number of hydrogen-bond donors (Lipinski definition) is 1. The van der Waals surface area contributed by atoms with Gasteiger partial charge in [0.15, 0.2) is 0 Å². The lowest BCUT2D eigenvalue weighted by Crippen LogP contribution is -2.33. The van der Waals surface area contributed by atoms with Crippen molar-refractivity contribution in [1.82, 2.24) is 4.57 Å². The third-order valence-corrected chi connectivity index (χ3v) is 10.4. The molecule has 8 nitrogen and oxygen atoms in total. The highest BCUT2D eigenvalue weighted by Gasteiger charge is 2.56. The van der Waals surface area contributed by atoms with Crippen LogP contribution in [0, 0.1) is 5.92 Å². The fourth-order valence-electron chi connectivity index (χ4n) is 5.15. The summed E-state index contributed by atoms with van der Waals surface area (Å²) < 4.78 is 7.37. The van der Waals surface area contributed by atoms with Crippen molar-refractivity contribution in [3.63, 3.8) is 0 Å². The van der Waals surface area contributed by atoms with E-state index in [0.717, 1.165) is 21.4 Å². The van der Waals surface area contributed by atoms with E-state index in [4.69, 9.17) is 16.3 Å². The number of anilines is 2. The number of fused-ring (bicyclic) bond motifs is 2. The Bertz CT molecular complexity index is 1720. The van der Waals surface area contributed by atoms with E-state index in [1.54, 1.807) is 67.8 Å². The van der Waals surface area contributed by atoms with Gasteiger partial charge in [-0.1, -0.05) is 62.8 Å². The normalized spacial score (nSPS) is 19.6. The molecule has 3 amide bonds. The van der Waals surface area contributed by atoms with Crippen molar-refractivity contribution in [1.29, 1.82) is 0 Å². The van der Waals surface area contributed by atoms with Crippen molar-refractivity contribution < 1.29 is 19.1 Å². The second kappa shape index (κ2) is 11.1. The van der Waals surface area contributed by atoms with Gasteiger partial charge in [-0.05, 0) is 66.2 Å². The van der Waals surface area contributed by atoms with Gasteiger partial charge in [0.25, 0.3) is 0 Å². The van der Waals surface area contributed by atoms with Gasteiger partial charge in [0.2, 0.25) is 17.7 Å². The predicted octanol–water partition coefficient (Wildman–Crippen LogP) is 5.77. The second-order valence-corrected chi connectivity index (χ2v) is 13.0. The maximum Gasteiger partial charge on any atom is 0.308 e. The van der Waals surface area contributed by atoms with Gasteiger partial charge in [-0.2, -0.15) is 0 Å². The van der Waals surface area contributed by atoms with Gasteiger partial charge in [0, 0.05) is 26.0 Å². The molecule has 3 atom stereocenters. The molecular weight excluding hydrogens is 650 g/mol. The highest BCUT2D eigenvalue weighted by molar-refractivity contribution is 9.10. The number of hydrogen-bond acceptors (Lipinski definition) is 7. The molecule has 0 spiro atoms. The van der Waals surface area contributed by atoms with Crippen LogP contribution in [-0.4, -0.2) is 34.6 Å². The van der Waals surface area contributed by atoms with E-state index in [9.17, 15) is 19.2 Å². The van der Waals surface area contributed by atoms with E-state index in [-0.39, 0.29) is 23.2 Å². The van der Waals surface area contributed by atoms with E-state index < -0.39 is 23.0 Å². The second-order valence-electron chi connectivity index (χ2n) is 9.48. The number of nitrogens with one attached hydrogen (secondary N) is 1. The molecule has 12 heteroatoms. The SMILES string of the molecule is COc1ccc(NC(=O)Cn2c3c(sc2=O)[C@@H](c2ccc(Cl)cc2)C2C(=O)N(c4ccc(Br)cc4)C(=O)C2S3)cc1. The number of halogens is 2. The summed E-state index contributed by atoms with van der Waals surface area (Å²) in [5, 5.41) is 3.08. The summed E-state index contributed by atoms with van der Waals surface area (Å²) in [5.74, 6) is -1.72. The molecule has 1 aromatic heterocycles. The first kappa shape index (κ1) is 27.8. The third-order valence-electron chi connectivity index (χ3n) is 7.04. The Kier molecular flexibility index (Phi) is 7.54. The Labute approximate surface area is 256 Å². The van der Waals surface area contributed by atoms with Crippen molar-refractivity contribution in [3.8, 4) is 5.75 Å². The van der Waals surface area contributed by atoms with Crippen molar-refractivity contribution in [2.24, 2.45) is 5.92 Å². The lowest BCUT2D eigenvalue weighted by molar-refractivity contribution is -0.122. The van der Waals surface area contributed by atoms with Crippen molar-refractivity contribution in [2.75, 3.05) is 17.3 Å². The smallest absolute Gasteiger partial charge is 0.308 e. The highest BCUT2D eigenvalue weighted by Crippen LogP contribution is 2.54. The Morgan fingerprint density at radius 2 is 1.66 bits per heavy atom. The lowest BCUT2D eigenvalue weighted by atomic mass is 9.83. The van der Waals surface area contributed by atoms with Gasteiger partial charge >= 0.3 is 4.87 Å². The number of nitrogens with zero attached hydrogens (tertiary/aromatic N) is 2. The number of thiazole rings is 1. The van der Waals surface area contributed by atoms with Crippen LogP contribution in [0.15, 0.2) is 87.1 Å². The fourth-order valence-corrected chi connectivity index (χ4v) is 8.31. The van der Waals surface area contributed by atoms with Crippen LogP contribution in [0.25, 0.3) is 0 Å². The first-order valence-electron chi connectivity index (χ1n) is 12.5. The minimum Gasteiger partial charge on any atom is -0.497 e. The molecule has 2 unspecified atom stereocenters. The van der Waals surface area contributed by atoms with E-state index in [1.165, 1.54) is 21.2 Å². The van der Waals surface area contributed by atoms with Crippen LogP contribution in [0.3, 0.4) is 0 Å². The quantitative estimate of drug-likeness (QED) is 0.262. The summed E-state index contributed by atoms with van der Waals surface area (Å²) in [4.78, 5) is 55.5. The topological polar surface area (TPSA) is 97.7 Å². The molecule has 41 heavy (non-hydrogen) atoms. The van der Waals surface area contributed by atoms with E-state index in [0.29, 0.717) is 32.1 Å². The van der Waals surface area contributed by atoms with E-state index in [2.05, 4.69) is 21.2 Å². The van der Waals surface area contributed by atoms with E-state index in [1.807, 2.05) is 12.1 Å². The lowest BCUT2D eigenvalue weighted by Gasteiger charge is -2.30. The number of rotatable bonds is 6. The van der Waals surface area contributed by atoms with Crippen LogP contribution >= 0.6 is 50.6 Å². The summed E-state index contributed by atoms with van der Waals surface area (Å²) in [6.45, 7) is -0.243. The molecule has 0 aliphatic carbocycles. The first-order chi connectivity index (χ1) is 19.7. The average Bonchev–Trinajstić information content (AvgIpc) is 3.40. The molecule has 4 aromatic rings. The molecule has 0 saturated carbocycles. The number of carbonyl (C=O) groups excluding carboxylic acids is 3. The molecule has 0 radical (unpaired) electrons. The first-order valence-corrected chi connectivity index (χ1v) is 15.3. The standard InChI is InChI=1S/C29H21BrClN3O5S2/c1-39-20-12-8-18(9-13-20)32-21(35)14-33-28-25(41-29(33)38)22(15-2-6-17(31)7-3-15)23-24(40-28)27(37)34(26(23)36)19-10-4-16(30)5-11-19/h2-13,22-24H,14H2,1H3,(H,32,35)/t22-,23?,24?/m0/s1. The predicted molar refractivity (Wildman–Crippen MR) is 163 cm³/mol. The zero-order valence-corrected chi connectivity index (χ0v) is 25.4. The summed E-state index contributed by atoms with van der Waals surface area (Å²) in [7, 11) is 1.56. The largest absolute Gasteiger partial charge is 0.497 e. The molecule has 6 rings (SSSR count). The van der Waals surface area contributed by atoms with Crippen molar-refractivity contribution in [3.05, 3.63) is 102 Å². The van der Waals surface area contributed by atoms with Crippen LogP contribution in [0.1, 0.15) is 16.4 Å². The number of thioether (sulfide) groups is 1. The summed E-state index contributed by atoms with van der Waals surface area (Å²) >= 11 is 11.7. The van der Waals surface area contributed by atoms with Crippen LogP contribution in [0.5, 0.6) is 5.75 Å². The maximum absolute atomic E-state index is 13.9. The fraction of sp³-hybridized carbons (Fsp3) is 0.172. The number of methoxy groups -OCH3 is 1. The molecule has 0 bridgehead atoms. The number of benzene rings is 3. The molecule has 1 fully saturated rings. The van der Waals surface area contributed by atoms with Gasteiger partial charge in [-0.3, -0.25) is 23.7 Å². The molecule has 208 valence electrons. The monoisotopic (exact) mass is 669 g/mol. The third kappa shape index (κ3) is 5.12.